The highest BCUT2D eigenvalue weighted by Gasteiger charge is 2.22. The molecule has 0 saturated carbocycles. The Morgan fingerprint density at radius 2 is 1.76 bits per heavy atom. The van der Waals surface area contributed by atoms with Gasteiger partial charge in [-0.3, -0.25) is 9.88 Å². The second-order valence-electron chi connectivity index (χ2n) is 6.16. The van der Waals surface area contributed by atoms with Crippen molar-refractivity contribution in [2.24, 2.45) is 0 Å². The largest absolute Gasteiger partial charge is 0.482 e. The number of benzene rings is 1. The molecule has 0 spiro atoms. The number of hydrogen-bond acceptors (Lipinski definition) is 5. The van der Waals surface area contributed by atoms with Crippen molar-refractivity contribution in [3.05, 3.63) is 54.4 Å². The summed E-state index contributed by atoms with van der Waals surface area (Å²) in [6.07, 6.45) is 3.66. The summed E-state index contributed by atoms with van der Waals surface area (Å²) in [6.45, 7) is 5.88. The fourth-order valence-corrected chi connectivity index (χ4v) is 3.12. The van der Waals surface area contributed by atoms with Gasteiger partial charge in [-0.05, 0) is 36.8 Å². The van der Waals surface area contributed by atoms with E-state index in [1.807, 2.05) is 36.7 Å². The summed E-state index contributed by atoms with van der Waals surface area (Å²) in [5, 5.41) is 8.65. The van der Waals surface area contributed by atoms with E-state index in [2.05, 4.69) is 33.8 Å². The lowest BCUT2D eigenvalue weighted by Crippen LogP contribution is -2.47. The lowest BCUT2D eigenvalue weighted by Gasteiger charge is -2.39. The van der Waals surface area contributed by atoms with Crippen LogP contribution in [-0.2, 0) is 4.79 Å². The van der Waals surface area contributed by atoms with Gasteiger partial charge in [0.15, 0.2) is 6.61 Å². The van der Waals surface area contributed by atoms with Crippen LogP contribution in [0.1, 0.15) is 18.5 Å². The van der Waals surface area contributed by atoms with Crippen molar-refractivity contribution in [1.29, 1.82) is 0 Å². The number of rotatable bonds is 6. The minimum Gasteiger partial charge on any atom is -0.482 e. The minimum atomic E-state index is -0.968. The zero-order chi connectivity index (χ0) is 17.6. The third kappa shape index (κ3) is 4.48. The molecule has 1 aromatic carbocycles. The van der Waals surface area contributed by atoms with E-state index < -0.39 is 5.97 Å². The van der Waals surface area contributed by atoms with Gasteiger partial charge in [-0.1, -0.05) is 12.1 Å². The van der Waals surface area contributed by atoms with Gasteiger partial charge in [0.05, 0.1) is 0 Å². The van der Waals surface area contributed by atoms with Crippen molar-refractivity contribution in [2.45, 2.75) is 13.0 Å². The normalized spacial score (nSPS) is 16.4. The van der Waals surface area contributed by atoms with Crippen LogP contribution >= 0.6 is 0 Å². The Bertz CT molecular complexity index is 683. The summed E-state index contributed by atoms with van der Waals surface area (Å²) < 4.78 is 5.19. The maximum atomic E-state index is 10.5. The van der Waals surface area contributed by atoms with Gasteiger partial charge in [0.1, 0.15) is 5.75 Å². The maximum Gasteiger partial charge on any atom is 0.341 e. The van der Waals surface area contributed by atoms with E-state index in [1.165, 1.54) is 11.3 Å². The Kier molecular flexibility index (Phi) is 5.50. The van der Waals surface area contributed by atoms with Gasteiger partial charge >= 0.3 is 5.97 Å². The monoisotopic (exact) mass is 341 g/mol. The average Bonchev–Trinajstić information content (AvgIpc) is 2.67. The minimum absolute atomic E-state index is 0.313. The van der Waals surface area contributed by atoms with Crippen molar-refractivity contribution >= 4 is 11.7 Å². The summed E-state index contributed by atoms with van der Waals surface area (Å²) in [5.74, 6) is -0.384. The summed E-state index contributed by atoms with van der Waals surface area (Å²) in [5.41, 5.74) is 2.43. The van der Waals surface area contributed by atoms with Gasteiger partial charge in [-0.15, -0.1) is 0 Å². The van der Waals surface area contributed by atoms with Crippen LogP contribution < -0.4 is 9.64 Å². The Hall–Kier alpha value is -2.60. The topological polar surface area (TPSA) is 65.9 Å². The molecule has 1 aliphatic heterocycles. The number of carboxylic acids is 1. The molecule has 1 atom stereocenters. The van der Waals surface area contributed by atoms with Gasteiger partial charge in [0.25, 0.3) is 0 Å². The molecule has 132 valence electrons. The number of carboxylic acid groups (broad SMARTS) is 1. The first-order valence-corrected chi connectivity index (χ1v) is 8.47. The van der Waals surface area contributed by atoms with Crippen molar-refractivity contribution in [3.8, 4) is 5.75 Å². The molecule has 6 heteroatoms. The summed E-state index contributed by atoms with van der Waals surface area (Å²) in [7, 11) is 0. The molecular weight excluding hydrogens is 318 g/mol. The van der Waals surface area contributed by atoms with Crippen LogP contribution in [0.4, 0.5) is 5.69 Å². The second-order valence-corrected chi connectivity index (χ2v) is 6.16. The van der Waals surface area contributed by atoms with Crippen LogP contribution in [0.15, 0.2) is 48.8 Å². The zero-order valence-electron chi connectivity index (χ0n) is 14.3. The number of aromatic nitrogens is 1. The number of carbonyl (C=O) groups is 1. The molecule has 1 aromatic heterocycles. The predicted octanol–water partition coefficient (Wildman–Crippen LogP) is 2.43. The van der Waals surface area contributed by atoms with E-state index in [-0.39, 0.29) is 6.61 Å². The highest BCUT2D eigenvalue weighted by atomic mass is 16.5. The van der Waals surface area contributed by atoms with Gasteiger partial charge in [-0.25, -0.2) is 4.79 Å². The fraction of sp³-hybridized carbons (Fsp3) is 0.368. The van der Waals surface area contributed by atoms with Crippen LogP contribution in [-0.4, -0.2) is 53.7 Å². The molecule has 2 aromatic rings. The first kappa shape index (κ1) is 17.2. The Morgan fingerprint density at radius 3 is 2.36 bits per heavy atom. The van der Waals surface area contributed by atoms with Crippen LogP contribution in [0.25, 0.3) is 0 Å². The molecule has 0 amide bonds. The number of ether oxygens (including phenoxy) is 1. The second kappa shape index (κ2) is 7.98. The highest BCUT2D eigenvalue weighted by molar-refractivity contribution is 5.68. The lowest BCUT2D eigenvalue weighted by molar-refractivity contribution is -0.139. The summed E-state index contributed by atoms with van der Waals surface area (Å²) in [6, 6.07) is 12.1. The Morgan fingerprint density at radius 1 is 1.12 bits per heavy atom. The van der Waals surface area contributed by atoms with E-state index in [4.69, 9.17) is 9.84 Å². The predicted molar refractivity (Wildman–Crippen MR) is 96.0 cm³/mol. The van der Waals surface area contributed by atoms with Crippen molar-refractivity contribution < 1.29 is 14.6 Å². The van der Waals surface area contributed by atoms with Crippen LogP contribution in [0.3, 0.4) is 0 Å². The number of anilines is 1. The zero-order valence-corrected chi connectivity index (χ0v) is 14.3. The average molecular weight is 341 g/mol. The third-order valence-electron chi connectivity index (χ3n) is 4.61. The van der Waals surface area contributed by atoms with Crippen molar-refractivity contribution in [1.82, 2.24) is 9.88 Å². The number of pyridine rings is 1. The fourth-order valence-electron chi connectivity index (χ4n) is 3.12. The van der Waals surface area contributed by atoms with Gasteiger partial charge in [-0.2, -0.15) is 0 Å². The molecule has 1 aliphatic rings. The molecule has 1 saturated heterocycles. The number of piperazine rings is 1. The van der Waals surface area contributed by atoms with Crippen LogP contribution in [0.2, 0.25) is 0 Å². The number of hydrogen-bond donors (Lipinski definition) is 1. The summed E-state index contributed by atoms with van der Waals surface area (Å²) >= 11 is 0. The van der Waals surface area contributed by atoms with E-state index in [0.717, 1.165) is 26.2 Å². The molecule has 0 aliphatic carbocycles. The van der Waals surface area contributed by atoms with E-state index in [0.29, 0.717) is 11.8 Å². The van der Waals surface area contributed by atoms with Crippen LogP contribution in [0, 0.1) is 0 Å². The molecule has 0 bridgehead atoms. The molecular formula is C19H23N3O3. The molecule has 1 unspecified atom stereocenters. The van der Waals surface area contributed by atoms with E-state index >= 15 is 0 Å². The SMILES string of the molecule is CC(c1ccc(OCC(=O)O)cc1)N1CCN(c2ccncc2)CC1. The molecule has 25 heavy (non-hydrogen) atoms. The van der Waals surface area contributed by atoms with Gasteiger partial charge in [0, 0.05) is 50.3 Å². The number of aliphatic carboxylic acids is 1. The smallest absolute Gasteiger partial charge is 0.341 e. The van der Waals surface area contributed by atoms with Crippen molar-refractivity contribution in [3.63, 3.8) is 0 Å². The maximum absolute atomic E-state index is 10.5. The molecule has 1 fully saturated rings. The Balaban J connectivity index is 1.55. The van der Waals surface area contributed by atoms with Crippen molar-refractivity contribution in [2.75, 3.05) is 37.7 Å². The highest BCUT2D eigenvalue weighted by Crippen LogP contribution is 2.25. The lowest BCUT2D eigenvalue weighted by atomic mass is 10.1. The van der Waals surface area contributed by atoms with Crippen LogP contribution in [0.5, 0.6) is 5.75 Å². The molecule has 2 heterocycles. The van der Waals surface area contributed by atoms with Gasteiger partial charge < -0.3 is 14.7 Å². The van der Waals surface area contributed by atoms with E-state index in [1.54, 1.807) is 0 Å². The summed E-state index contributed by atoms with van der Waals surface area (Å²) in [4.78, 5) is 19.5. The van der Waals surface area contributed by atoms with E-state index in [9.17, 15) is 4.79 Å². The molecule has 3 rings (SSSR count). The Labute approximate surface area is 147 Å². The first-order chi connectivity index (χ1) is 12.1. The number of nitrogens with zero attached hydrogens (tertiary/aromatic N) is 3. The quantitative estimate of drug-likeness (QED) is 0.870. The first-order valence-electron chi connectivity index (χ1n) is 8.47. The molecule has 6 nitrogen and oxygen atoms in total. The molecule has 1 N–H and O–H groups in total. The van der Waals surface area contributed by atoms with Gasteiger partial charge in [0.2, 0.25) is 0 Å². The standard InChI is InChI=1S/C19H23N3O3/c1-15(16-2-4-18(5-3-16)25-14-19(23)24)21-10-12-22(13-11-21)17-6-8-20-9-7-17/h2-9,15H,10-14H2,1H3,(H,23,24). The third-order valence-corrected chi connectivity index (χ3v) is 4.61. The molecule has 0 radical (unpaired) electrons.